The van der Waals surface area contributed by atoms with Crippen LogP contribution in [0.2, 0.25) is 0 Å². The molecule has 1 saturated heterocycles. The predicted molar refractivity (Wildman–Crippen MR) is 75.8 cm³/mol. The van der Waals surface area contributed by atoms with E-state index in [1.54, 1.807) is 0 Å². The molecule has 1 amide bonds. The van der Waals surface area contributed by atoms with Gasteiger partial charge in [-0.2, -0.15) is 0 Å². The van der Waals surface area contributed by atoms with Crippen LogP contribution < -0.4 is 11.1 Å². The number of ether oxygens (including phenoxy) is 1. The molecular weight excluding hydrogens is 240 g/mol. The first-order valence-corrected chi connectivity index (χ1v) is 6.87. The van der Waals surface area contributed by atoms with Crippen LogP contribution in [0, 0.1) is 5.92 Å². The van der Waals surface area contributed by atoms with Crippen molar-refractivity contribution in [3.63, 3.8) is 0 Å². The molecule has 1 aliphatic rings. The summed E-state index contributed by atoms with van der Waals surface area (Å²) in [7, 11) is 0. The zero-order valence-electron chi connectivity index (χ0n) is 11.4. The molecule has 1 heterocycles. The summed E-state index contributed by atoms with van der Waals surface area (Å²) < 4.78 is 5.41. The van der Waals surface area contributed by atoms with Crippen molar-refractivity contribution in [1.29, 1.82) is 0 Å². The third kappa shape index (κ3) is 3.96. The fraction of sp³-hybridized carbons (Fsp3) is 0.533. The standard InChI is InChI=1S/C15H22N2O2/c1-11(13-5-2-6-14(16)8-13)15(18)17-9-12-4-3-7-19-10-12/h2,5-6,8,11-12H,3-4,7,9-10,16H2,1H3,(H,17,18). The molecule has 1 aromatic carbocycles. The Labute approximate surface area is 114 Å². The number of nitrogens with two attached hydrogens (primary N) is 1. The molecule has 3 N–H and O–H groups in total. The highest BCUT2D eigenvalue weighted by Crippen LogP contribution is 2.18. The van der Waals surface area contributed by atoms with Crippen LogP contribution in [0.4, 0.5) is 5.69 Å². The molecular formula is C15H22N2O2. The molecule has 2 atom stereocenters. The molecule has 0 bridgehead atoms. The summed E-state index contributed by atoms with van der Waals surface area (Å²) in [6, 6.07) is 7.50. The number of nitrogens with one attached hydrogen (secondary N) is 1. The first-order chi connectivity index (χ1) is 9.16. The number of rotatable bonds is 4. The van der Waals surface area contributed by atoms with E-state index in [1.807, 2.05) is 31.2 Å². The van der Waals surface area contributed by atoms with E-state index in [0.717, 1.165) is 31.6 Å². The lowest BCUT2D eigenvalue weighted by Crippen LogP contribution is -2.35. The smallest absolute Gasteiger partial charge is 0.227 e. The van der Waals surface area contributed by atoms with Gasteiger partial charge >= 0.3 is 0 Å². The van der Waals surface area contributed by atoms with Crippen molar-refractivity contribution >= 4 is 11.6 Å². The van der Waals surface area contributed by atoms with Crippen molar-refractivity contribution < 1.29 is 9.53 Å². The first kappa shape index (κ1) is 13.9. The second-order valence-electron chi connectivity index (χ2n) is 5.22. The zero-order valence-corrected chi connectivity index (χ0v) is 11.4. The van der Waals surface area contributed by atoms with Crippen molar-refractivity contribution in [3.05, 3.63) is 29.8 Å². The van der Waals surface area contributed by atoms with Gasteiger partial charge in [0.1, 0.15) is 0 Å². The van der Waals surface area contributed by atoms with Gasteiger partial charge in [0.15, 0.2) is 0 Å². The molecule has 1 aromatic rings. The van der Waals surface area contributed by atoms with Crippen LogP contribution in [0.15, 0.2) is 24.3 Å². The van der Waals surface area contributed by atoms with Gasteiger partial charge in [0.05, 0.1) is 12.5 Å². The van der Waals surface area contributed by atoms with Crippen molar-refractivity contribution in [2.45, 2.75) is 25.7 Å². The Morgan fingerprint density at radius 3 is 3.11 bits per heavy atom. The molecule has 19 heavy (non-hydrogen) atoms. The number of carbonyl (C=O) groups is 1. The third-order valence-electron chi connectivity index (χ3n) is 3.62. The van der Waals surface area contributed by atoms with E-state index >= 15 is 0 Å². The van der Waals surface area contributed by atoms with Crippen molar-refractivity contribution in [2.24, 2.45) is 5.92 Å². The summed E-state index contributed by atoms with van der Waals surface area (Å²) in [6.07, 6.45) is 2.22. The fourth-order valence-corrected chi connectivity index (χ4v) is 2.35. The van der Waals surface area contributed by atoms with Gasteiger partial charge < -0.3 is 15.8 Å². The normalized spacial score (nSPS) is 20.8. The van der Waals surface area contributed by atoms with Gasteiger partial charge in [0.25, 0.3) is 0 Å². The average molecular weight is 262 g/mol. The molecule has 2 rings (SSSR count). The van der Waals surface area contributed by atoms with Crippen molar-refractivity contribution in [2.75, 3.05) is 25.5 Å². The van der Waals surface area contributed by atoms with Crippen LogP contribution in [0.3, 0.4) is 0 Å². The minimum atomic E-state index is -0.173. The van der Waals surface area contributed by atoms with Crippen LogP contribution in [-0.2, 0) is 9.53 Å². The molecule has 0 radical (unpaired) electrons. The highest BCUT2D eigenvalue weighted by Gasteiger charge is 2.18. The minimum absolute atomic E-state index is 0.0520. The fourth-order valence-electron chi connectivity index (χ4n) is 2.35. The van der Waals surface area contributed by atoms with Gasteiger partial charge in [-0.25, -0.2) is 0 Å². The Bertz CT molecular complexity index is 428. The van der Waals surface area contributed by atoms with Crippen LogP contribution in [0.25, 0.3) is 0 Å². The molecule has 0 spiro atoms. The maximum absolute atomic E-state index is 12.1. The molecule has 4 nitrogen and oxygen atoms in total. The summed E-state index contributed by atoms with van der Waals surface area (Å²) in [5.41, 5.74) is 7.39. The number of nitrogen functional groups attached to an aromatic ring is 1. The summed E-state index contributed by atoms with van der Waals surface area (Å²) in [6.45, 7) is 4.21. The number of benzene rings is 1. The SMILES string of the molecule is CC(C(=O)NCC1CCCOC1)c1cccc(N)c1. The molecule has 0 aromatic heterocycles. The molecule has 104 valence electrons. The number of amides is 1. The van der Waals surface area contributed by atoms with E-state index in [9.17, 15) is 4.79 Å². The lowest BCUT2D eigenvalue weighted by atomic mass is 9.98. The van der Waals surface area contributed by atoms with Crippen molar-refractivity contribution in [1.82, 2.24) is 5.32 Å². The lowest BCUT2D eigenvalue weighted by molar-refractivity contribution is -0.122. The Hall–Kier alpha value is -1.55. The maximum Gasteiger partial charge on any atom is 0.227 e. The van der Waals surface area contributed by atoms with E-state index in [4.69, 9.17) is 10.5 Å². The van der Waals surface area contributed by atoms with Gasteiger partial charge in [0, 0.05) is 18.8 Å². The van der Waals surface area contributed by atoms with Crippen LogP contribution >= 0.6 is 0 Å². The second-order valence-corrected chi connectivity index (χ2v) is 5.22. The van der Waals surface area contributed by atoms with Crippen LogP contribution in [0.5, 0.6) is 0 Å². The maximum atomic E-state index is 12.1. The Morgan fingerprint density at radius 2 is 2.42 bits per heavy atom. The Balaban J connectivity index is 1.85. The Kier molecular flexibility index (Phi) is 4.80. The van der Waals surface area contributed by atoms with E-state index in [-0.39, 0.29) is 11.8 Å². The largest absolute Gasteiger partial charge is 0.399 e. The van der Waals surface area contributed by atoms with Crippen LogP contribution in [0.1, 0.15) is 31.2 Å². The minimum Gasteiger partial charge on any atom is -0.399 e. The lowest BCUT2D eigenvalue weighted by Gasteiger charge is -2.23. The van der Waals surface area contributed by atoms with Gasteiger partial charge in [0.2, 0.25) is 5.91 Å². The topological polar surface area (TPSA) is 64.3 Å². The highest BCUT2D eigenvalue weighted by atomic mass is 16.5. The molecule has 0 aliphatic carbocycles. The second kappa shape index (κ2) is 6.57. The average Bonchev–Trinajstić information content (AvgIpc) is 2.45. The summed E-state index contributed by atoms with van der Waals surface area (Å²) >= 11 is 0. The third-order valence-corrected chi connectivity index (χ3v) is 3.62. The van der Waals surface area contributed by atoms with Crippen LogP contribution in [-0.4, -0.2) is 25.7 Å². The number of hydrogen-bond donors (Lipinski definition) is 2. The number of carbonyl (C=O) groups excluding carboxylic acids is 1. The predicted octanol–water partition coefficient (Wildman–Crippen LogP) is 1.92. The van der Waals surface area contributed by atoms with Gasteiger partial charge in [-0.3, -0.25) is 4.79 Å². The van der Waals surface area contributed by atoms with E-state index in [1.165, 1.54) is 0 Å². The summed E-state index contributed by atoms with van der Waals surface area (Å²) in [5.74, 6) is 0.329. The number of hydrogen-bond acceptors (Lipinski definition) is 3. The quantitative estimate of drug-likeness (QED) is 0.815. The van der Waals surface area contributed by atoms with Gasteiger partial charge in [-0.15, -0.1) is 0 Å². The molecule has 2 unspecified atom stereocenters. The highest BCUT2D eigenvalue weighted by molar-refractivity contribution is 5.83. The Morgan fingerprint density at radius 1 is 1.58 bits per heavy atom. The summed E-state index contributed by atoms with van der Waals surface area (Å²) in [4.78, 5) is 12.1. The molecule has 4 heteroatoms. The van der Waals surface area contributed by atoms with Gasteiger partial charge in [-0.05, 0) is 43.4 Å². The van der Waals surface area contributed by atoms with Gasteiger partial charge in [-0.1, -0.05) is 12.1 Å². The van der Waals surface area contributed by atoms with E-state index in [0.29, 0.717) is 18.2 Å². The molecule has 1 fully saturated rings. The first-order valence-electron chi connectivity index (χ1n) is 6.87. The molecule has 0 saturated carbocycles. The van der Waals surface area contributed by atoms with E-state index in [2.05, 4.69) is 5.32 Å². The van der Waals surface area contributed by atoms with E-state index < -0.39 is 0 Å². The zero-order chi connectivity index (χ0) is 13.7. The summed E-state index contributed by atoms with van der Waals surface area (Å²) in [5, 5.41) is 3.01. The van der Waals surface area contributed by atoms with Crippen molar-refractivity contribution in [3.8, 4) is 0 Å². The molecule has 1 aliphatic heterocycles. The monoisotopic (exact) mass is 262 g/mol. The number of anilines is 1.